The van der Waals surface area contributed by atoms with Crippen molar-refractivity contribution in [3.05, 3.63) is 12.2 Å². The van der Waals surface area contributed by atoms with Crippen molar-refractivity contribution < 1.29 is 39.2 Å². The molecule has 10 nitrogen and oxygen atoms in total. The number of carbonyl (C=O) groups excluding carboxylic acids is 3. The Morgan fingerprint density at radius 3 is 2.18 bits per heavy atom. The van der Waals surface area contributed by atoms with Gasteiger partial charge in [-0.3, -0.25) is 19.2 Å². The molecule has 3 N–H and O–H groups in total. The summed E-state index contributed by atoms with van der Waals surface area (Å²) >= 11 is 0. The number of rotatable bonds is 24. The standard InChI is InChI=1S/C21H33NO4.C20H37NO4/c1-3-4-7-12-19(23)16-15-18-11-10-13-20(24)22(18)17-9-6-5-8-14-21(25)26-2;1-2-3-6-11-18(22)15-14-17-10-9-12-19(23)21(17)16-8-5-4-7-13-20(24)25/h15-16,18-19,23H,3-5,7-8,10-14,17H2,1-2H3;17-18,22H,2-16H2,1H3,(H,24,25)/b16-15+;/t18-,19?;17-,18?/m11/s1. The topological polar surface area (TPSA) is 145 Å². The number of unbranched alkanes of at least 4 members (excludes halogenated alkanes) is 8. The van der Waals surface area contributed by atoms with Gasteiger partial charge in [-0.1, -0.05) is 83.3 Å². The Hall–Kier alpha value is -2.90. The number of hydrogen-bond donors (Lipinski definition) is 3. The van der Waals surface area contributed by atoms with Crippen LogP contribution in [0.1, 0.15) is 168 Å². The molecule has 2 unspecified atom stereocenters. The van der Waals surface area contributed by atoms with E-state index in [-0.39, 0.29) is 42.4 Å². The molecule has 51 heavy (non-hydrogen) atoms. The first kappa shape index (κ1) is 46.1. The summed E-state index contributed by atoms with van der Waals surface area (Å²) in [4.78, 5) is 49.8. The molecule has 2 aliphatic heterocycles. The molecule has 0 aliphatic carbocycles. The van der Waals surface area contributed by atoms with E-state index in [9.17, 15) is 29.4 Å². The van der Waals surface area contributed by atoms with Gasteiger partial charge in [0.05, 0.1) is 31.9 Å². The average Bonchev–Trinajstić information content (AvgIpc) is 3.11. The summed E-state index contributed by atoms with van der Waals surface area (Å²) in [5.41, 5.74) is 0. The molecule has 0 spiro atoms. The van der Waals surface area contributed by atoms with Crippen molar-refractivity contribution in [2.75, 3.05) is 20.2 Å². The molecule has 2 heterocycles. The van der Waals surface area contributed by atoms with Gasteiger partial charge in [0.2, 0.25) is 11.8 Å². The minimum atomic E-state index is -0.733. The zero-order valence-corrected chi connectivity index (χ0v) is 32.1. The number of methoxy groups -OCH3 is 1. The van der Waals surface area contributed by atoms with E-state index in [1.165, 1.54) is 20.0 Å². The second-order valence-electron chi connectivity index (χ2n) is 14.1. The van der Waals surface area contributed by atoms with Crippen molar-refractivity contribution in [3.63, 3.8) is 0 Å². The molecule has 2 saturated heterocycles. The molecule has 4 atom stereocenters. The number of nitrogens with zero attached hydrogens (tertiary/aromatic N) is 2. The summed E-state index contributed by atoms with van der Waals surface area (Å²) in [6, 6.07) is 0.294. The van der Waals surface area contributed by atoms with Gasteiger partial charge in [-0.25, -0.2) is 0 Å². The number of amides is 2. The lowest BCUT2D eigenvalue weighted by atomic mass is 9.94. The summed E-state index contributed by atoms with van der Waals surface area (Å²) in [7, 11) is 1.38. The van der Waals surface area contributed by atoms with Crippen LogP contribution in [0.3, 0.4) is 0 Å². The number of carboxylic acids is 1. The van der Waals surface area contributed by atoms with Gasteiger partial charge in [0.1, 0.15) is 0 Å². The normalized spacial score (nSPS) is 18.8. The van der Waals surface area contributed by atoms with Crippen LogP contribution in [0.15, 0.2) is 12.2 Å². The van der Waals surface area contributed by atoms with Crippen LogP contribution in [-0.4, -0.2) is 93.4 Å². The van der Waals surface area contributed by atoms with Gasteiger partial charge in [-0.2, -0.15) is 0 Å². The highest BCUT2D eigenvalue weighted by Crippen LogP contribution is 2.24. The summed E-state index contributed by atoms with van der Waals surface area (Å²) < 4.78 is 4.59. The Bertz CT molecular complexity index is 1070. The van der Waals surface area contributed by atoms with Crippen LogP contribution in [0.2, 0.25) is 0 Å². The number of likely N-dealkylation sites (tertiary alicyclic amines) is 2. The number of carboxylic acid groups (broad SMARTS) is 1. The van der Waals surface area contributed by atoms with Gasteiger partial charge < -0.3 is 29.9 Å². The van der Waals surface area contributed by atoms with Crippen LogP contribution in [0.25, 0.3) is 0 Å². The summed E-state index contributed by atoms with van der Waals surface area (Å²) in [6.07, 6.45) is 23.6. The number of aliphatic carboxylic acids is 1. The fraction of sp³-hybridized carbons (Fsp3) is 0.805. The number of aliphatic hydroxyl groups excluding tert-OH is 2. The molecule has 0 radical (unpaired) electrons. The molecule has 2 rings (SSSR count). The first-order valence-electron chi connectivity index (χ1n) is 20.0. The summed E-state index contributed by atoms with van der Waals surface area (Å²) in [6.45, 7) is 5.49. The van der Waals surface area contributed by atoms with Crippen molar-refractivity contribution >= 4 is 23.8 Å². The molecule has 0 aromatic heterocycles. The predicted molar refractivity (Wildman–Crippen MR) is 202 cm³/mol. The van der Waals surface area contributed by atoms with Crippen molar-refractivity contribution in [1.29, 1.82) is 0 Å². The van der Waals surface area contributed by atoms with Gasteiger partial charge in [0.15, 0.2) is 0 Å². The van der Waals surface area contributed by atoms with Crippen LogP contribution in [-0.2, 0) is 23.9 Å². The van der Waals surface area contributed by atoms with E-state index in [1.807, 2.05) is 17.1 Å². The SMILES string of the molecule is CCCCCC(O)/C=C/[C@H]1CCCC(=O)N1CC#CCCCC(=O)OC.CCCCCC(O)CC[C@H]1CCCC(=O)N1CCCCCCC(=O)O. The minimum Gasteiger partial charge on any atom is -0.481 e. The monoisotopic (exact) mass is 719 g/mol. The van der Waals surface area contributed by atoms with Gasteiger partial charge >= 0.3 is 11.9 Å². The fourth-order valence-corrected chi connectivity index (χ4v) is 6.63. The van der Waals surface area contributed by atoms with E-state index in [0.717, 1.165) is 109 Å². The van der Waals surface area contributed by atoms with E-state index < -0.39 is 12.1 Å². The quantitative estimate of drug-likeness (QED) is 0.0407. The third-order valence-electron chi connectivity index (χ3n) is 9.76. The van der Waals surface area contributed by atoms with E-state index >= 15 is 0 Å². The fourth-order valence-electron chi connectivity index (χ4n) is 6.63. The molecule has 0 aromatic rings. The van der Waals surface area contributed by atoms with E-state index in [2.05, 4.69) is 30.4 Å². The van der Waals surface area contributed by atoms with E-state index in [1.54, 1.807) is 4.90 Å². The lowest BCUT2D eigenvalue weighted by Crippen LogP contribution is -2.44. The molecule has 2 fully saturated rings. The Balaban J connectivity index is 0.000000510. The maximum Gasteiger partial charge on any atom is 0.305 e. The molecule has 0 bridgehead atoms. The number of hydrogen-bond acceptors (Lipinski definition) is 7. The molecule has 0 saturated carbocycles. The highest BCUT2D eigenvalue weighted by molar-refractivity contribution is 5.78. The van der Waals surface area contributed by atoms with Crippen LogP contribution in [0.4, 0.5) is 0 Å². The maximum atomic E-state index is 12.3. The second-order valence-corrected chi connectivity index (χ2v) is 14.1. The number of piperidine rings is 2. The Labute approximate surface area is 308 Å². The second kappa shape index (κ2) is 29.7. The van der Waals surface area contributed by atoms with Crippen LogP contribution < -0.4 is 0 Å². The van der Waals surface area contributed by atoms with Crippen LogP contribution in [0.5, 0.6) is 0 Å². The molecule has 0 aromatic carbocycles. The minimum absolute atomic E-state index is 0.0152. The molecular weight excluding hydrogens is 648 g/mol. The van der Waals surface area contributed by atoms with E-state index in [4.69, 9.17) is 5.11 Å². The Kier molecular flexibility index (Phi) is 26.8. The maximum absolute atomic E-state index is 12.3. The van der Waals surface area contributed by atoms with Gasteiger partial charge in [0.25, 0.3) is 0 Å². The molecular formula is C41H70N2O8. The van der Waals surface area contributed by atoms with Crippen molar-refractivity contribution in [3.8, 4) is 11.8 Å². The Morgan fingerprint density at radius 2 is 1.49 bits per heavy atom. The molecule has 2 aliphatic rings. The van der Waals surface area contributed by atoms with Crippen molar-refractivity contribution in [2.45, 2.75) is 192 Å². The summed E-state index contributed by atoms with van der Waals surface area (Å²) in [5, 5.41) is 28.8. The van der Waals surface area contributed by atoms with Crippen molar-refractivity contribution in [2.24, 2.45) is 0 Å². The first-order chi connectivity index (χ1) is 24.6. The third-order valence-corrected chi connectivity index (χ3v) is 9.76. The number of ether oxygens (including phenoxy) is 1. The van der Waals surface area contributed by atoms with E-state index in [0.29, 0.717) is 38.6 Å². The van der Waals surface area contributed by atoms with Gasteiger partial charge in [-0.05, 0) is 70.6 Å². The number of aliphatic hydroxyl groups is 2. The first-order valence-corrected chi connectivity index (χ1v) is 20.0. The molecule has 2 amide bonds. The predicted octanol–water partition coefficient (Wildman–Crippen LogP) is 7.34. The lowest BCUT2D eigenvalue weighted by Gasteiger charge is -2.36. The zero-order valence-electron chi connectivity index (χ0n) is 32.1. The average molecular weight is 719 g/mol. The zero-order chi connectivity index (χ0) is 37.7. The third kappa shape index (κ3) is 22.6. The van der Waals surface area contributed by atoms with Gasteiger partial charge in [-0.15, -0.1) is 5.92 Å². The molecule has 292 valence electrons. The largest absolute Gasteiger partial charge is 0.481 e. The Morgan fingerprint density at radius 1 is 0.824 bits per heavy atom. The highest BCUT2D eigenvalue weighted by Gasteiger charge is 2.28. The lowest BCUT2D eigenvalue weighted by molar-refractivity contribution is -0.141. The smallest absolute Gasteiger partial charge is 0.305 e. The van der Waals surface area contributed by atoms with Gasteiger partial charge in [0, 0.05) is 44.7 Å². The number of esters is 1. The molecule has 10 heteroatoms. The van der Waals surface area contributed by atoms with Crippen molar-refractivity contribution in [1.82, 2.24) is 9.80 Å². The van der Waals surface area contributed by atoms with Crippen LogP contribution >= 0.6 is 0 Å². The number of carbonyl (C=O) groups is 4. The highest BCUT2D eigenvalue weighted by atomic mass is 16.5. The summed E-state index contributed by atoms with van der Waals surface area (Å²) in [5.74, 6) is 5.49. The van der Waals surface area contributed by atoms with Crippen LogP contribution in [0, 0.1) is 11.8 Å².